The zero-order valence-electron chi connectivity index (χ0n) is 11.6. The summed E-state index contributed by atoms with van der Waals surface area (Å²) in [7, 11) is 0. The summed E-state index contributed by atoms with van der Waals surface area (Å²) in [5.41, 5.74) is 6.96. The summed E-state index contributed by atoms with van der Waals surface area (Å²) in [4.78, 5) is 0. The van der Waals surface area contributed by atoms with Crippen LogP contribution in [0, 0.1) is 19.8 Å². The van der Waals surface area contributed by atoms with Crippen molar-refractivity contribution in [3.63, 3.8) is 0 Å². The summed E-state index contributed by atoms with van der Waals surface area (Å²) in [6, 6.07) is 6.87. The van der Waals surface area contributed by atoms with Crippen molar-refractivity contribution in [2.24, 2.45) is 11.8 Å². The third-order valence-corrected chi connectivity index (χ3v) is 3.74. The molecule has 0 aliphatic heterocycles. The number of aryl methyl sites for hydroxylation is 2. The van der Waals surface area contributed by atoms with E-state index in [9.17, 15) is 0 Å². The number of hydrazine groups is 1. The van der Waals surface area contributed by atoms with E-state index in [1.165, 1.54) is 29.5 Å². The summed E-state index contributed by atoms with van der Waals surface area (Å²) < 4.78 is 0. The summed E-state index contributed by atoms with van der Waals surface area (Å²) in [6.07, 6.45) is 3.56. The molecule has 0 aromatic heterocycles. The Morgan fingerprint density at radius 1 is 1.18 bits per heavy atom. The second-order valence-corrected chi connectivity index (χ2v) is 5.00. The summed E-state index contributed by atoms with van der Waals surface area (Å²) in [5.74, 6) is 6.48. The zero-order valence-corrected chi connectivity index (χ0v) is 11.6. The van der Waals surface area contributed by atoms with Gasteiger partial charge in [-0.3, -0.25) is 11.3 Å². The quantitative estimate of drug-likeness (QED) is 0.582. The van der Waals surface area contributed by atoms with Gasteiger partial charge < -0.3 is 0 Å². The second kappa shape index (κ2) is 6.77. The molecular formula is C15H26N2. The van der Waals surface area contributed by atoms with Crippen LogP contribution in [0.1, 0.15) is 55.8 Å². The maximum Gasteiger partial charge on any atom is 0.0465 e. The minimum absolute atomic E-state index is 0.278. The van der Waals surface area contributed by atoms with Gasteiger partial charge in [0.15, 0.2) is 0 Å². The predicted octanol–water partition coefficient (Wildman–Crippen LogP) is 3.63. The molecule has 0 fully saturated rings. The molecule has 0 amide bonds. The van der Waals surface area contributed by atoms with Crippen LogP contribution < -0.4 is 11.3 Å². The molecule has 17 heavy (non-hydrogen) atoms. The van der Waals surface area contributed by atoms with Crippen LogP contribution in [0.3, 0.4) is 0 Å². The number of rotatable bonds is 6. The van der Waals surface area contributed by atoms with Crippen molar-refractivity contribution in [1.82, 2.24) is 5.43 Å². The Bertz CT molecular complexity index is 343. The number of hydrogen-bond acceptors (Lipinski definition) is 2. The lowest BCUT2D eigenvalue weighted by atomic mass is 9.89. The smallest absolute Gasteiger partial charge is 0.0465 e. The fourth-order valence-corrected chi connectivity index (χ4v) is 2.38. The average molecular weight is 234 g/mol. The van der Waals surface area contributed by atoms with E-state index < -0.39 is 0 Å². The first-order chi connectivity index (χ1) is 8.12. The van der Waals surface area contributed by atoms with Gasteiger partial charge in [-0.1, -0.05) is 50.5 Å². The fourth-order valence-electron chi connectivity index (χ4n) is 2.38. The molecule has 0 aliphatic carbocycles. The van der Waals surface area contributed by atoms with Gasteiger partial charge >= 0.3 is 0 Å². The third-order valence-electron chi connectivity index (χ3n) is 3.74. The fraction of sp³-hybridized carbons (Fsp3) is 0.600. The minimum atomic E-state index is 0.278. The molecule has 1 atom stereocenters. The van der Waals surface area contributed by atoms with Crippen LogP contribution in [-0.2, 0) is 0 Å². The summed E-state index contributed by atoms with van der Waals surface area (Å²) in [6.45, 7) is 8.80. The van der Waals surface area contributed by atoms with Crippen LogP contribution in [0.5, 0.6) is 0 Å². The molecule has 2 heteroatoms. The Morgan fingerprint density at radius 2 is 1.82 bits per heavy atom. The number of nitrogens with two attached hydrogens (primary N) is 1. The highest BCUT2D eigenvalue weighted by atomic mass is 15.2. The Hall–Kier alpha value is -0.860. The molecule has 0 saturated carbocycles. The number of benzene rings is 1. The van der Waals surface area contributed by atoms with Crippen molar-refractivity contribution in [2.45, 2.75) is 53.0 Å². The molecule has 96 valence electrons. The van der Waals surface area contributed by atoms with Crippen LogP contribution >= 0.6 is 0 Å². The van der Waals surface area contributed by atoms with E-state index in [4.69, 9.17) is 5.84 Å². The Morgan fingerprint density at radius 3 is 2.35 bits per heavy atom. The minimum Gasteiger partial charge on any atom is -0.271 e. The van der Waals surface area contributed by atoms with Crippen LogP contribution in [0.4, 0.5) is 0 Å². The highest BCUT2D eigenvalue weighted by molar-refractivity contribution is 5.32. The predicted molar refractivity (Wildman–Crippen MR) is 74.7 cm³/mol. The van der Waals surface area contributed by atoms with Gasteiger partial charge in [-0.05, 0) is 37.3 Å². The maximum absolute atomic E-state index is 5.73. The lowest BCUT2D eigenvalue weighted by molar-refractivity contribution is 0.374. The van der Waals surface area contributed by atoms with E-state index in [1.54, 1.807) is 0 Å². The molecule has 1 aromatic carbocycles. The largest absolute Gasteiger partial charge is 0.271 e. The lowest BCUT2D eigenvalue weighted by Crippen LogP contribution is -2.30. The van der Waals surface area contributed by atoms with Crippen molar-refractivity contribution in [1.29, 1.82) is 0 Å². The molecule has 1 rings (SSSR count). The van der Waals surface area contributed by atoms with Crippen LogP contribution in [0.15, 0.2) is 18.2 Å². The summed E-state index contributed by atoms with van der Waals surface area (Å²) in [5, 5.41) is 0. The molecule has 0 bridgehead atoms. The number of hydrogen-bond donors (Lipinski definition) is 2. The standard InChI is InChI=1S/C15H26N2/c1-5-13(6-2)10-15(17-16)14-9-11(3)7-8-12(14)4/h7-9,13,15,17H,5-6,10,16H2,1-4H3. The van der Waals surface area contributed by atoms with Gasteiger partial charge in [-0.15, -0.1) is 0 Å². The van der Waals surface area contributed by atoms with Gasteiger partial charge in [0.25, 0.3) is 0 Å². The molecule has 0 aliphatic rings. The van der Waals surface area contributed by atoms with Gasteiger partial charge in [-0.2, -0.15) is 0 Å². The lowest BCUT2D eigenvalue weighted by Gasteiger charge is -2.23. The van der Waals surface area contributed by atoms with Crippen molar-refractivity contribution < 1.29 is 0 Å². The van der Waals surface area contributed by atoms with E-state index in [0.29, 0.717) is 0 Å². The molecule has 1 aromatic rings. The van der Waals surface area contributed by atoms with Crippen molar-refractivity contribution >= 4 is 0 Å². The van der Waals surface area contributed by atoms with Crippen LogP contribution in [0.25, 0.3) is 0 Å². The normalized spacial score (nSPS) is 13.1. The molecule has 0 heterocycles. The zero-order chi connectivity index (χ0) is 12.8. The van der Waals surface area contributed by atoms with Crippen molar-refractivity contribution in [3.8, 4) is 0 Å². The molecular weight excluding hydrogens is 208 g/mol. The van der Waals surface area contributed by atoms with Gasteiger partial charge in [0.2, 0.25) is 0 Å². The number of nitrogens with one attached hydrogen (secondary N) is 1. The van der Waals surface area contributed by atoms with Gasteiger partial charge in [0.05, 0.1) is 0 Å². The SMILES string of the molecule is CCC(CC)CC(NN)c1cc(C)ccc1C. The van der Waals surface area contributed by atoms with Crippen LogP contribution in [-0.4, -0.2) is 0 Å². The van der Waals surface area contributed by atoms with E-state index in [0.717, 1.165) is 12.3 Å². The molecule has 0 saturated heterocycles. The van der Waals surface area contributed by atoms with Crippen molar-refractivity contribution in [2.75, 3.05) is 0 Å². The second-order valence-electron chi connectivity index (χ2n) is 5.00. The van der Waals surface area contributed by atoms with E-state index in [-0.39, 0.29) is 6.04 Å². The Kier molecular flexibility index (Phi) is 5.66. The first-order valence-electron chi connectivity index (χ1n) is 6.65. The molecule has 0 radical (unpaired) electrons. The molecule has 1 unspecified atom stereocenters. The first kappa shape index (κ1) is 14.2. The van der Waals surface area contributed by atoms with E-state index in [2.05, 4.69) is 51.3 Å². The van der Waals surface area contributed by atoms with Crippen molar-refractivity contribution in [3.05, 3.63) is 34.9 Å². The topological polar surface area (TPSA) is 38.0 Å². The van der Waals surface area contributed by atoms with Gasteiger partial charge in [0.1, 0.15) is 0 Å². The van der Waals surface area contributed by atoms with E-state index in [1.807, 2.05) is 0 Å². The molecule has 3 N–H and O–H groups in total. The monoisotopic (exact) mass is 234 g/mol. The van der Waals surface area contributed by atoms with Gasteiger partial charge in [-0.25, -0.2) is 0 Å². The molecule has 2 nitrogen and oxygen atoms in total. The van der Waals surface area contributed by atoms with Crippen LogP contribution in [0.2, 0.25) is 0 Å². The Balaban J connectivity index is 2.89. The van der Waals surface area contributed by atoms with Gasteiger partial charge in [0, 0.05) is 6.04 Å². The maximum atomic E-state index is 5.73. The highest BCUT2D eigenvalue weighted by Gasteiger charge is 2.16. The van der Waals surface area contributed by atoms with E-state index >= 15 is 0 Å². The summed E-state index contributed by atoms with van der Waals surface area (Å²) >= 11 is 0. The molecule has 0 spiro atoms. The Labute approximate surface area is 106 Å². The highest BCUT2D eigenvalue weighted by Crippen LogP contribution is 2.27. The first-order valence-corrected chi connectivity index (χ1v) is 6.65. The average Bonchev–Trinajstić information content (AvgIpc) is 2.34. The third kappa shape index (κ3) is 3.83.